The highest BCUT2D eigenvalue weighted by molar-refractivity contribution is 6.03. The number of anilines is 2. The number of nitrogens with one attached hydrogen (secondary N) is 8. The fraction of sp³-hybridized carbons (Fsp3) is 0.145. The summed E-state index contributed by atoms with van der Waals surface area (Å²) in [6.45, 7) is 5.28. The number of benzene rings is 6. The topological polar surface area (TPSA) is 312 Å². The van der Waals surface area contributed by atoms with Gasteiger partial charge in [0.15, 0.2) is 17.5 Å². The zero-order valence-corrected chi connectivity index (χ0v) is 57.4. The van der Waals surface area contributed by atoms with Gasteiger partial charge >= 0.3 is 0 Å². The average Bonchev–Trinajstić information content (AvgIpc) is 1.62. The number of para-hydroxylation sites is 3. The van der Waals surface area contributed by atoms with Crippen LogP contribution in [-0.4, -0.2) is 105 Å². The van der Waals surface area contributed by atoms with Crippen molar-refractivity contribution in [2.24, 2.45) is 5.92 Å². The molecule has 1 aliphatic heterocycles. The predicted octanol–water partition coefficient (Wildman–Crippen LogP) is 18.4. The lowest BCUT2D eigenvalue weighted by atomic mass is 10.0. The van der Waals surface area contributed by atoms with Crippen LogP contribution in [0.3, 0.4) is 0 Å². The number of imidazole rings is 3. The van der Waals surface area contributed by atoms with Gasteiger partial charge in [0.1, 0.15) is 17.1 Å². The summed E-state index contributed by atoms with van der Waals surface area (Å²) in [7, 11) is 0. The summed E-state index contributed by atoms with van der Waals surface area (Å²) in [6.07, 6.45) is 28.2. The number of nitrogens with zero attached hydrogens (tertiary/aromatic N) is 10. The van der Waals surface area contributed by atoms with Crippen molar-refractivity contribution in [2.75, 3.05) is 23.7 Å². The van der Waals surface area contributed by atoms with Gasteiger partial charge in [0, 0.05) is 110 Å². The second kappa shape index (κ2) is 27.9. The standard InChI is InChI=1S/C29H26N6O.C27H20N6O2.C27H22N6O2/c1-2-10-35(11-3-1)17-19-13-22(16-30-15-19)20-7-8-25-24(14-20)28(34-33-25)29-31-26-6-4-5-23(27(26)32-29)21-9-12-36-18-21;34-27(15-4-5-15)29-19-10-18(12-28-13-19)16-6-7-22-21(11-16)25(33-32-22)26-30-23-3-1-2-20(24(23)31-26)17-8-9-35-14-17;1-2-4-24(34)29-19-11-18(13-28-14-19)16-7-8-22-21(12-16)26(33-32-22)27-30-23-6-3-5-20(25(23)31-27)17-9-10-35-15-17/h4-9,12-16,18H,1-3,10-11,17H2,(H,31,32)(H,33,34);1-3,6-15H,4-5H2,(H,29,34)(H,30,31)(H,32,33);3,5-15H,2,4H2,1H3,(H,29,34)(H,30,31)(H,32,33). The molecule has 23 nitrogen and oxygen atoms in total. The molecular formula is C83H68N18O5. The van der Waals surface area contributed by atoms with E-state index in [1.807, 2.05) is 122 Å². The molecule has 2 aliphatic rings. The molecule has 1 aliphatic carbocycles. The summed E-state index contributed by atoms with van der Waals surface area (Å²) in [5, 5.41) is 31.9. The zero-order chi connectivity index (χ0) is 71.0. The van der Waals surface area contributed by atoms with Crippen LogP contribution < -0.4 is 10.6 Å². The number of hydrogen-bond donors (Lipinski definition) is 8. The van der Waals surface area contributed by atoms with E-state index in [4.69, 9.17) is 28.2 Å². The van der Waals surface area contributed by atoms with E-state index in [0.717, 1.165) is 181 Å². The molecule has 0 bridgehead atoms. The Balaban J connectivity index is 0.000000113. The van der Waals surface area contributed by atoms with Crippen LogP contribution in [0.4, 0.5) is 11.4 Å². The van der Waals surface area contributed by atoms with E-state index in [9.17, 15) is 9.59 Å². The number of carbonyl (C=O) groups excluding carboxylic acids is 2. The number of pyridine rings is 3. The van der Waals surface area contributed by atoms with Crippen LogP contribution in [0.2, 0.25) is 0 Å². The Morgan fingerprint density at radius 2 is 0.868 bits per heavy atom. The van der Waals surface area contributed by atoms with Gasteiger partial charge in [0.05, 0.1) is 111 Å². The third kappa shape index (κ3) is 13.0. The third-order valence-electron chi connectivity index (χ3n) is 19.5. The molecule has 520 valence electrons. The van der Waals surface area contributed by atoms with Gasteiger partial charge in [-0.05, 0) is 158 Å². The maximum absolute atomic E-state index is 12.2. The quantitative estimate of drug-likeness (QED) is 0.0446. The number of carbonyl (C=O) groups is 2. The molecule has 13 heterocycles. The third-order valence-corrected chi connectivity index (χ3v) is 19.5. The highest BCUT2D eigenvalue weighted by atomic mass is 16.3. The minimum atomic E-state index is -0.0151. The van der Waals surface area contributed by atoms with E-state index in [-0.39, 0.29) is 17.7 Å². The van der Waals surface area contributed by atoms with Crippen molar-refractivity contribution in [1.82, 2.24) is 80.3 Å². The lowest BCUT2D eigenvalue weighted by Crippen LogP contribution is -2.29. The Morgan fingerprint density at radius 3 is 1.28 bits per heavy atom. The number of amides is 2. The number of aromatic amines is 6. The highest BCUT2D eigenvalue weighted by Crippen LogP contribution is 2.39. The molecule has 0 radical (unpaired) electrons. The van der Waals surface area contributed by atoms with Gasteiger partial charge < -0.3 is 38.8 Å². The van der Waals surface area contributed by atoms with E-state index in [2.05, 4.69) is 118 Å². The lowest BCUT2D eigenvalue weighted by Gasteiger charge is -2.26. The number of rotatable bonds is 16. The van der Waals surface area contributed by atoms with Crippen molar-refractivity contribution in [1.29, 1.82) is 0 Å². The average molecular weight is 1400 g/mol. The van der Waals surface area contributed by atoms with Crippen LogP contribution in [0.5, 0.6) is 0 Å². The smallest absolute Gasteiger partial charge is 0.227 e. The molecular weight excluding hydrogens is 1330 g/mol. The van der Waals surface area contributed by atoms with Gasteiger partial charge in [-0.15, -0.1) is 0 Å². The Labute approximate surface area is 604 Å². The van der Waals surface area contributed by atoms with E-state index in [1.54, 1.807) is 62.4 Å². The number of hydrogen-bond acceptors (Lipinski definition) is 15. The molecule has 8 N–H and O–H groups in total. The van der Waals surface area contributed by atoms with Crippen molar-refractivity contribution in [2.45, 2.75) is 58.4 Å². The molecule has 1 saturated heterocycles. The molecule has 1 saturated carbocycles. The van der Waals surface area contributed by atoms with Gasteiger partial charge in [0.2, 0.25) is 11.8 Å². The van der Waals surface area contributed by atoms with E-state index in [0.29, 0.717) is 29.4 Å². The second-order valence-electron chi connectivity index (χ2n) is 26.8. The maximum Gasteiger partial charge on any atom is 0.227 e. The Hall–Kier alpha value is -13.7. The largest absolute Gasteiger partial charge is 0.472 e. The van der Waals surface area contributed by atoms with Crippen LogP contribution in [0.15, 0.2) is 234 Å². The molecule has 12 aromatic heterocycles. The molecule has 18 aromatic rings. The van der Waals surface area contributed by atoms with E-state index >= 15 is 0 Å². The molecule has 0 unspecified atom stereocenters. The van der Waals surface area contributed by atoms with Crippen molar-refractivity contribution >= 4 is 89.0 Å². The molecule has 106 heavy (non-hydrogen) atoms. The van der Waals surface area contributed by atoms with Crippen LogP contribution in [0.1, 0.15) is 57.4 Å². The van der Waals surface area contributed by atoms with Gasteiger partial charge in [-0.25, -0.2) is 15.0 Å². The summed E-state index contributed by atoms with van der Waals surface area (Å²) in [5.41, 5.74) is 25.1. The van der Waals surface area contributed by atoms with Crippen molar-refractivity contribution in [3.8, 4) is 101 Å². The second-order valence-corrected chi connectivity index (χ2v) is 26.8. The van der Waals surface area contributed by atoms with Crippen LogP contribution in [0, 0.1) is 5.92 Å². The molecule has 0 spiro atoms. The summed E-state index contributed by atoms with van der Waals surface area (Å²) < 4.78 is 15.8. The van der Waals surface area contributed by atoms with Crippen molar-refractivity contribution in [3.63, 3.8) is 0 Å². The highest BCUT2D eigenvalue weighted by Gasteiger charge is 2.30. The van der Waals surface area contributed by atoms with Crippen molar-refractivity contribution in [3.05, 3.63) is 226 Å². The first kappa shape index (κ1) is 64.4. The number of furan rings is 3. The monoisotopic (exact) mass is 1400 g/mol. The first-order chi connectivity index (χ1) is 52.2. The normalized spacial score (nSPS) is 13.2. The van der Waals surface area contributed by atoms with Gasteiger partial charge in [0.25, 0.3) is 0 Å². The van der Waals surface area contributed by atoms with E-state index < -0.39 is 0 Å². The predicted molar refractivity (Wildman–Crippen MR) is 410 cm³/mol. The molecule has 2 fully saturated rings. The fourth-order valence-electron chi connectivity index (χ4n) is 14.0. The molecule has 2 amide bonds. The molecule has 0 atom stereocenters. The molecule has 23 heteroatoms. The zero-order valence-electron chi connectivity index (χ0n) is 57.4. The fourth-order valence-corrected chi connectivity index (χ4v) is 14.0. The Kier molecular flexibility index (Phi) is 17.0. The first-order valence-electron chi connectivity index (χ1n) is 35.4. The van der Waals surface area contributed by atoms with Gasteiger partial charge in [-0.3, -0.25) is 44.7 Å². The number of aromatic nitrogens is 15. The maximum atomic E-state index is 12.2. The number of fused-ring (bicyclic) bond motifs is 6. The molecule has 20 rings (SSSR count). The first-order valence-corrected chi connectivity index (χ1v) is 35.4. The van der Waals surface area contributed by atoms with Crippen LogP contribution in [0.25, 0.3) is 167 Å². The summed E-state index contributed by atoms with van der Waals surface area (Å²) >= 11 is 0. The van der Waals surface area contributed by atoms with E-state index in [1.165, 1.54) is 37.9 Å². The SMILES string of the molecule is CCCC(=O)Nc1cncc(-c2ccc3[nH]nc(-c4nc5c(-c6ccoc6)cccc5[nH]4)c3c2)c1.O=C(Nc1cncc(-c2ccc3[nH]nc(-c4nc5c(-c6ccoc6)cccc5[nH]4)c3c2)c1)C1CC1.c1cc(-c2ccoc2)c2nc(-c3n[nH]c4ccc(-c5cncc(CN6CCCCC6)c5)cc34)[nH]c2c1. The minimum Gasteiger partial charge on any atom is -0.472 e. The summed E-state index contributed by atoms with van der Waals surface area (Å²) in [4.78, 5) is 64.9. The van der Waals surface area contributed by atoms with Gasteiger partial charge in [-0.2, -0.15) is 15.3 Å². The Morgan fingerprint density at radius 1 is 0.443 bits per heavy atom. The number of likely N-dealkylation sites (tertiary alicyclic amines) is 1. The summed E-state index contributed by atoms with van der Waals surface area (Å²) in [5.74, 6) is 2.29. The molecule has 6 aromatic carbocycles. The van der Waals surface area contributed by atoms with Gasteiger partial charge in [-0.1, -0.05) is 67.9 Å². The summed E-state index contributed by atoms with van der Waals surface area (Å²) in [6, 6.07) is 48.6. The lowest BCUT2D eigenvalue weighted by molar-refractivity contribution is -0.117. The minimum absolute atomic E-state index is 0.0151. The number of H-pyrrole nitrogens is 6. The number of piperidine rings is 1. The van der Waals surface area contributed by atoms with Crippen LogP contribution in [-0.2, 0) is 16.1 Å². The Bertz CT molecular complexity index is 6220. The van der Waals surface area contributed by atoms with Crippen molar-refractivity contribution < 1.29 is 22.8 Å². The van der Waals surface area contributed by atoms with Crippen LogP contribution >= 0.6 is 0 Å².